The Bertz CT molecular complexity index is 1130. The maximum Gasteiger partial charge on any atom is 0.573 e. The molecule has 1 N–H and O–H groups in total. The minimum atomic E-state index is -4.80. The van der Waals surface area contributed by atoms with E-state index in [9.17, 15) is 18.0 Å². The molecule has 0 aromatic heterocycles. The van der Waals surface area contributed by atoms with Gasteiger partial charge < -0.3 is 14.8 Å². The molecule has 1 fully saturated rings. The summed E-state index contributed by atoms with van der Waals surface area (Å²) in [6.07, 6.45) is -5.10. The first-order valence-corrected chi connectivity index (χ1v) is 11.8. The second kappa shape index (κ2) is 11.1. The maximum absolute atomic E-state index is 12.9. The molecule has 0 saturated carbocycles. The lowest BCUT2D eigenvalue weighted by molar-refractivity contribution is -0.274. The summed E-state index contributed by atoms with van der Waals surface area (Å²) in [5.74, 6) is -0.813. The largest absolute Gasteiger partial charge is 0.573 e. The molecule has 0 spiro atoms. The molecule has 3 aromatic carbocycles. The van der Waals surface area contributed by atoms with Crippen molar-refractivity contribution in [3.63, 3.8) is 0 Å². The van der Waals surface area contributed by atoms with Gasteiger partial charge in [0.2, 0.25) is 0 Å². The predicted octanol–water partition coefficient (Wildman–Crippen LogP) is 6.11. The number of carbonyl (C=O) groups is 1. The number of likely N-dealkylation sites (tertiary alicyclic amines) is 1. The van der Waals surface area contributed by atoms with Gasteiger partial charge in [0.15, 0.2) is 0 Å². The molecule has 0 aliphatic carbocycles. The average molecular weight is 539 g/mol. The van der Waals surface area contributed by atoms with Gasteiger partial charge in [0.1, 0.15) is 5.75 Å². The third-order valence-electron chi connectivity index (χ3n) is 6.00. The molecule has 10 heteroatoms. The molecule has 2 atom stereocenters. The van der Waals surface area contributed by atoms with E-state index >= 15 is 0 Å². The number of nitrogens with zero attached hydrogens (tertiary/aromatic N) is 1. The summed E-state index contributed by atoms with van der Waals surface area (Å²) in [5.41, 5.74) is 2.25. The second-order valence-corrected chi connectivity index (χ2v) is 9.26. The van der Waals surface area contributed by atoms with Crippen molar-refractivity contribution in [3.05, 3.63) is 99.5 Å². The predicted molar refractivity (Wildman–Crippen MR) is 131 cm³/mol. The smallest absolute Gasteiger partial charge is 0.406 e. The van der Waals surface area contributed by atoms with Crippen LogP contribution in [0.5, 0.6) is 5.75 Å². The summed E-state index contributed by atoms with van der Waals surface area (Å²) in [4.78, 5) is 15.1. The highest BCUT2D eigenvalue weighted by atomic mass is 35.5. The standard InChI is InChI=1S/C26H23Cl2F3N2O3/c1-35-23-15-33(24(16-2-8-19(27)9-3-16)17-4-10-20(28)11-5-17)14-22(23)32-25(34)18-6-12-21(13-7-18)36-26(29,30)31/h2-13,22-24H,14-15H2,1H3,(H,32,34)/t22-,23+/m1/s1. The minimum Gasteiger partial charge on any atom is -0.406 e. The third kappa shape index (κ3) is 6.50. The Morgan fingerprint density at radius 2 is 1.44 bits per heavy atom. The van der Waals surface area contributed by atoms with Crippen LogP contribution < -0.4 is 10.1 Å². The van der Waals surface area contributed by atoms with Crippen LogP contribution in [0.2, 0.25) is 10.0 Å². The van der Waals surface area contributed by atoms with Gasteiger partial charge in [-0.3, -0.25) is 9.69 Å². The molecule has 0 bridgehead atoms. The molecule has 1 amide bonds. The number of hydrogen-bond acceptors (Lipinski definition) is 4. The van der Waals surface area contributed by atoms with Crippen molar-refractivity contribution in [1.29, 1.82) is 0 Å². The van der Waals surface area contributed by atoms with E-state index in [-0.39, 0.29) is 23.8 Å². The highest BCUT2D eigenvalue weighted by molar-refractivity contribution is 6.30. The van der Waals surface area contributed by atoms with Crippen LogP contribution in [0.3, 0.4) is 0 Å². The topological polar surface area (TPSA) is 50.8 Å². The number of rotatable bonds is 7. The molecule has 36 heavy (non-hydrogen) atoms. The molecule has 190 valence electrons. The van der Waals surface area contributed by atoms with Crippen molar-refractivity contribution in [1.82, 2.24) is 10.2 Å². The fraction of sp³-hybridized carbons (Fsp3) is 0.269. The van der Waals surface area contributed by atoms with E-state index in [1.165, 1.54) is 12.1 Å². The summed E-state index contributed by atoms with van der Waals surface area (Å²) >= 11 is 12.2. The van der Waals surface area contributed by atoms with Gasteiger partial charge in [-0.2, -0.15) is 0 Å². The van der Waals surface area contributed by atoms with E-state index in [1.807, 2.05) is 48.5 Å². The number of ether oxygens (including phenoxy) is 2. The van der Waals surface area contributed by atoms with Crippen molar-refractivity contribution in [2.75, 3.05) is 20.2 Å². The van der Waals surface area contributed by atoms with E-state index < -0.39 is 18.0 Å². The lowest BCUT2D eigenvalue weighted by Crippen LogP contribution is -2.43. The lowest BCUT2D eigenvalue weighted by atomic mass is 9.97. The summed E-state index contributed by atoms with van der Waals surface area (Å²) in [5, 5.41) is 4.21. The number of carbonyl (C=O) groups excluding carboxylic acids is 1. The zero-order chi connectivity index (χ0) is 25.9. The number of methoxy groups -OCH3 is 1. The monoisotopic (exact) mass is 538 g/mol. The van der Waals surface area contributed by atoms with Gasteiger partial charge in [0.25, 0.3) is 5.91 Å². The highest BCUT2D eigenvalue weighted by Crippen LogP contribution is 2.34. The van der Waals surface area contributed by atoms with Crippen LogP contribution in [-0.4, -0.2) is 49.5 Å². The van der Waals surface area contributed by atoms with Crippen molar-refractivity contribution in [2.24, 2.45) is 0 Å². The van der Waals surface area contributed by atoms with E-state index in [1.54, 1.807) is 7.11 Å². The van der Waals surface area contributed by atoms with Gasteiger partial charge in [-0.05, 0) is 59.7 Å². The maximum atomic E-state index is 12.9. The fourth-order valence-electron chi connectivity index (χ4n) is 4.36. The third-order valence-corrected chi connectivity index (χ3v) is 6.50. The van der Waals surface area contributed by atoms with Crippen LogP contribution in [0, 0.1) is 0 Å². The van der Waals surface area contributed by atoms with Gasteiger partial charge in [0, 0.05) is 35.8 Å². The summed E-state index contributed by atoms with van der Waals surface area (Å²) in [6.45, 7) is 1.02. The Labute approximate surface area is 216 Å². The van der Waals surface area contributed by atoms with Crippen molar-refractivity contribution in [3.8, 4) is 5.75 Å². The lowest BCUT2D eigenvalue weighted by Gasteiger charge is -2.29. The van der Waals surface area contributed by atoms with Crippen molar-refractivity contribution in [2.45, 2.75) is 24.6 Å². The van der Waals surface area contributed by atoms with Crippen LogP contribution in [0.15, 0.2) is 72.8 Å². The first-order valence-electron chi connectivity index (χ1n) is 11.1. The minimum absolute atomic E-state index is 0.141. The van der Waals surface area contributed by atoms with E-state index in [0.717, 1.165) is 23.3 Å². The molecule has 0 radical (unpaired) electrons. The Kier molecular flexibility index (Phi) is 8.10. The molecule has 1 aliphatic heterocycles. The zero-order valence-electron chi connectivity index (χ0n) is 19.1. The fourth-order valence-corrected chi connectivity index (χ4v) is 4.61. The Hall–Kier alpha value is -2.78. The van der Waals surface area contributed by atoms with Crippen molar-refractivity contribution >= 4 is 29.1 Å². The molecule has 3 aromatic rings. The molecule has 4 rings (SSSR count). The number of amides is 1. The van der Waals surface area contributed by atoms with Crippen molar-refractivity contribution < 1.29 is 27.4 Å². The summed E-state index contributed by atoms with van der Waals surface area (Å²) in [6, 6.07) is 19.4. The molecule has 5 nitrogen and oxygen atoms in total. The van der Waals surface area contributed by atoms with E-state index in [2.05, 4.69) is 15.0 Å². The summed E-state index contributed by atoms with van der Waals surface area (Å²) < 4.78 is 46.8. The number of benzene rings is 3. The van der Waals surface area contributed by atoms with Gasteiger partial charge >= 0.3 is 6.36 Å². The van der Waals surface area contributed by atoms with Crippen LogP contribution >= 0.6 is 23.2 Å². The van der Waals surface area contributed by atoms with Gasteiger partial charge in [-0.25, -0.2) is 0 Å². The Balaban J connectivity index is 1.52. The molecular formula is C26H23Cl2F3N2O3. The highest BCUT2D eigenvalue weighted by Gasteiger charge is 2.38. The van der Waals surface area contributed by atoms with Gasteiger partial charge in [-0.15, -0.1) is 13.2 Å². The van der Waals surface area contributed by atoms with Crippen LogP contribution in [0.4, 0.5) is 13.2 Å². The normalized spacial score (nSPS) is 18.4. The molecule has 0 unspecified atom stereocenters. The first kappa shape index (κ1) is 26.3. The zero-order valence-corrected chi connectivity index (χ0v) is 20.6. The SMILES string of the molecule is CO[C@H]1CN(C(c2ccc(Cl)cc2)c2ccc(Cl)cc2)C[C@H]1NC(=O)c1ccc(OC(F)(F)F)cc1. The first-order chi connectivity index (χ1) is 17.1. The molecular weight excluding hydrogens is 516 g/mol. The Morgan fingerprint density at radius 1 is 0.917 bits per heavy atom. The van der Waals surface area contributed by atoms with Gasteiger partial charge in [0.05, 0.1) is 18.2 Å². The van der Waals surface area contributed by atoms with Crippen LogP contribution in [-0.2, 0) is 4.74 Å². The van der Waals surface area contributed by atoms with E-state index in [4.69, 9.17) is 27.9 Å². The second-order valence-electron chi connectivity index (χ2n) is 8.39. The molecule has 1 saturated heterocycles. The average Bonchev–Trinajstić information content (AvgIpc) is 3.23. The Morgan fingerprint density at radius 3 is 1.92 bits per heavy atom. The van der Waals surface area contributed by atoms with Crippen LogP contribution in [0.1, 0.15) is 27.5 Å². The van der Waals surface area contributed by atoms with E-state index in [0.29, 0.717) is 23.1 Å². The quantitative estimate of drug-likeness (QED) is 0.394. The summed E-state index contributed by atoms with van der Waals surface area (Å²) in [7, 11) is 1.58. The molecule has 1 heterocycles. The number of halogens is 5. The number of hydrogen-bond donors (Lipinski definition) is 1. The number of alkyl halides is 3. The van der Waals surface area contributed by atoms with Gasteiger partial charge in [-0.1, -0.05) is 47.5 Å². The molecule has 1 aliphatic rings. The number of nitrogens with one attached hydrogen (secondary N) is 1. The van der Waals surface area contributed by atoms with Crippen LogP contribution in [0.25, 0.3) is 0 Å².